The van der Waals surface area contributed by atoms with Crippen molar-refractivity contribution in [1.29, 1.82) is 0 Å². The summed E-state index contributed by atoms with van der Waals surface area (Å²) in [5.41, 5.74) is 0.0496. The molecule has 0 radical (unpaired) electrons. The van der Waals surface area contributed by atoms with Gasteiger partial charge in [-0.15, -0.1) is 5.10 Å². The summed E-state index contributed by atoms with van der Waals surface area (Å²) < 4.78 is 15.7. The first-order valence-corrected chi connectivity index (χ1v) is 11.5. The summed E-state index contributed by atoms with van der Waals surface area (Å²) in [5.74, 6) is 0.0523. The van der Waals surface area contributed by atoms with Crippen molar-refractivity contribution in [2.75, 3.05) is 23.7 Å². The number of amides is 1. The van der Waals surface area contributed by atoms with Crippen molar-refractivity contribution in [2.45, 2.75) is 65.0 Å². The molecule has 5 N–H and O–H groups in total. The van der Waals surface area contributed by atoms with Crippen molar-refractivity contribution in [3.8, 4) is 11.4 Å². The van der Waals surface area contributed by atoms with Gasteiger partial charge in [0.15, 0.2) is 5.65 Å². The monoisotopic (exact) mass is 487 g/mol. The Morgan fingerprint density at radius 3 is 2.49 bits per heavy atom. The molecule has 3 aromatic heterocycles. The highest BCUT2D eigenvalue weighted by Crippen LogP contribution is 2.25. The number of rotatable bonds is 10. The van der Waals surface area contributed by atoms with Gasteiger partial charge in [0.1, 0.15) is 17.7 Å². The Morgan fingerprint density at radius 2 is 1.86 bits per heavy atom. The standard InChI is InChI=1S/C24H34FN7O3/c1-14(2)30-16-9-17(26-10-15(16)22(33)28-12-19(25)24(5,6)35)18-11-27-21-8-7-20(31-32(18)21)29-13-23(3,4)34/h7-11,14,19,34-35H,12-13H2,1-6H3,(H,26,30)(H,28,33)(H,29,31). The minimum Gasteiger partial charge on any atom is -0.389 e. The third-order valence-electron chi connectivity index (χ3n) is 5.13. The highest BCUT2D eigenvalue weighted by atomic mass is 19.1. The minimum atomic E-state index is -1.62. The zero-order valence-electron chi connectivity index (χ0n) is 20.9. The molecule has 0 bridgehead atoms. The number of carbonyl (C=O) groups excluding carboxylic acids is 1. The van der Waals surface area contributed by atoms with Crippen molar-refractivity contribution in [1.82, 2.24) is 24.9 Å². The molecule has 0 saturated carbocycles. The van der Waals surface area contributed by atoms with Gasteiger partial charge in [0.25, 0.3) is 5.91 Å². The second-order valence-electron chi connectivity index (χ2n) is 10.0. The molecular formula is C24H34FN7O3. The van der Waals surface area contributed by atoms with Gasteiger partial charge in [-0.05, 0) is 59.7 Å². The zero-order valence-corrected chi connectivity index (χ0v) is 20.9. The first kappa shape index (κ1) is 26.3. The lowest BCUT2D eigenvalue weighted by Crippen LogP contribution is -2.42. The molecule has 1 unspecified atom stereocenters. The van der Waals surface area contributed by atoms with E-state index in [9.17, 15) is 19.4 Å². The number of nitrogens with one attached hydrogen (secondary N) is 3. The molecule has 35 heavy (non-hydrogen) atoms. The second kappa shape index (κ2) is 10.1. The van der Waals surface area contributed by atoms with Crippen LogP contribution in [-0.4, -0.2) is 72.2 Å². The number of pyridine rings is 1. The first-order valence-electron chi connectivity index (χ1n) is 11.5. The van der Waals surface area contributed by atoms with Crippen LogP contribution in [-0.2, 0) is 0 Å². The van der Waals surface area contributed by atoms with Crippen molar-refractivity contribution in [3.05, 3.63) is 36.2 Å². The van der Waals surface area contributed by atoms with Gasteiger partial charge in [0, 0.05) is 18.8 Å². The summed E-state index contributed by atoms with van der Waals surface area (Å²) in [6, 6.07) is 5.31. The number of imidazole rings is 1. The Balaban J connectivity index is 1.92. The lowest BCUT2D eigenvalue weighted by Gasteiger charge is -2.23. The van der Waals surface area contributed by atoms with E-state index in [1.165, 1.54) is 20.0 Å². The maximum absolute atomic E-state index is 14.1. The van der Waals surface area contributed by atoms with Crippen LogP contribution in [0.4, 0.5) is 15.9 Å². The van der Waals surface area contributed by atoms with Crippen LogP contribution >= 0.6 is 0 Å². The number of fused-ring (bicyclic) bond motifs is 1. The van der Waals surface area contributed by atoms with E-state index in [0.717, 1.165) is 0 Å². The normalized spacial score (nSPS) is 13.2. The van der Waals surface area contributed by atoms with Crippen molar-refractivity contribution in [3.63, 3.8) is 0 Å². The molecule has 3 rings (SSSR count). The Morgan fingerprint density at radius 1 is 1.14 bits per heavy atom. The van der Waals surface area contributed by atoms with Crippen LogP contribution in [0.2, 0.25) is 0 Å². The number of aliphatic hydroxyl groups is 2. The molecule has 0 aliphatic heterocycles. The summed E-state index contributed by atoms with van der Waals surface area (Å²) in [5, 5.41) is 33.2. The van der Waals surface area contributed by atoms with Gasteiger partial charge >= 0.3 is 0 Å². The van der Waals surface area contributed by atoms with Crippen molar-refractivity contribution in [2.24, 2.45) is 0 Å². The predicted octanol–water partition coefficient (Wildman–Crippen LogP) is 2.63. The van der Waals surface area contributed by atoms with E-state index in [1.54, 1.807) is 42.8 Å². The summed E-state index contributed by atoms with van der Waals surface area (Å²) in [6.45, 7) is 9.95. The number of hydrogen-bond donors (Lipinski definition) is 5. The van der Waals surface area contributed by atoms with Gasteiger partial charge in [0.2, 0.25) is 0 Å². The van der Waals surface area contributed by atoms with E-state index >= 15 is 0 Å². The Kier molecular flexibility index (Phi) is 7.61. The quantitative estimate of drug-likeness (QED) is 0.294. The van der Waals surface area contributed by atoms with Gasteiger partial charge in [-0.2, -0.15) is 0 Å². The van der Waals surface area contributed by atoms with Crippen LogP contribution in [0.1, 0.15) is 51.9 Å². The topological polar surface area (TPSA) is 137 Å². The molecule has 3 aromatic rings. The molecule has 0 aliphatic carbocycles. The number of carbonyl (C=O) groups is 1. The number of anilines is 2. The number of alkyl halides is 1. The molecule has 0 saturated heterocycles. The number of hydrogen-bond acceptors (Lipinski definition) is 8. The summed E-state index contributed by atoms with van der Waals surface area (Å²) in [6.07, 6.45) is 1.44. The maximum Gasteiger partial charge on any atom is 0.255 e. The van der Waals surface area contributed by atoms with Crippen LogP contribution in [0.15, 0.2) is 30.6 Å². The van der Waals surface area contributed by atoms with Crippen LogP contribution in [0.3, 0.4) is 0 Å². The fraction of sp³-hybridized carbons (Fsp3) is 0.500. The molecule has 10 nitrogen and oxygen atoms in total. The largest absolute Gasteiger partial charge is 0.389 e. The highest BCUT2D eigenvalue weighted by molar-refractivity contribution is 6.00. The minimum absolute atomic E-state index is 0.0139. The molecule has 1 atom stereocenters. The lowest BCUT2D eigenvalue weighted by atomic mass is 10.0. The molecule has 0 aliphatic rings. The fourth-order valence-electron chi connectivity index (χ4n) is 3.18. The zero-order chi connectivity index (χ0) is 26.0. The third kappa shape index (κ3) is 6.86. The van der Waals surface area contributed by atoms with Gasteiger partial charge in [-0.1, -0.05) is 0 Å². The van der Waals surface area contributed by atoms with Crippen molar-refractivity contribution >= 4 is 23.1 Å². The van der Waals surface area contributed by atoms with E-state index in [1.807, 2.05) is 13.8 Å². The van der Waals surface area contributed by atoms with Crippen molar-refractivity contribution < 1.29 is 19.4 Å². The molecule has 3 heterocycles. The SMILES string of the molecule is CC(C)Nc1cc(-c2cnc3ccc(NCC(C)(C)O)nn23)ncc1C(=O)NCC(F)C(C)(C)O. The smallest absolute Gasteiger partial charge is 0.255 e. The van der Waals surface area contributed by atoms with Gasteiger partial charge < -0.3 is 26.2 Å². The first-order chi connectivity index (χ1) is 16.2. The molecule has 0 aromatic carbocycles. The molecule has 0 spiro atoms. The Hall–Kier alpha value is -3.31. The van der Waals surface area contributed by atoms with Crippen LogP contribution in [0.5, 0.6) is 0 Å². The van der Waals surface area contributed by atoms with E-state index in [4.69, 9.17) is 0 Å². The number of nitrogens with zero attached hydrogens (tertiary/aromatic N) is 4. The summed E-state index contributed by atoms with van der Waals surface area (Å²) in [7, 11) is 0. The van der Waals surface area contributed by atoms with Gasteiger partial charge in [0.05, 0.1) is 40.9 Å². The maximum atomic E-state index is 14.1. The average Bonchev–Trinajstić information content (AvgIpc) is 3.17. The van der Waals surface area contributed by atoms with Crippen LogP contribution in [0.25, 0.3) is 17.0 Å². The third-order valence-corrected chi connectivity index (χ3v) is 5.13. The highest BCUT2D eigenvalue weighted by Gasteiger charge is 2.27. The molecule has 0 fully saturated rings. The molecular weight excluding hydrogens is 453 g/mol. The number of aromatic nitrogens is 4. The summed E-state index contributed by atoms with van der Waals surface area (Å²) in [4.78, 5) is 21.6. The Bertz CT molecular complexity index is 1180. The van der Waals surface area contributed by atoms with E-state index < -0.39 is 23.3 Å². The van der Waals surface area contributed by atoms with Crippen LogP contribution < -0.4 is 16.0 Å². The molecule has 1 amide bonds. The van der Waals surface area contributed by atoms with E-state index in [0.29, 0.717) is 35.1 Å². The van der Waals surface area contributed by atoms with Gasteiger partial charge in [-0.25, -0.2) is 13.9 Å². The second-order valence-corrected chi connectivity index (χ2v) is 10.0. The average molecular weight is 488 g/mol. The summed E-state index contributed by atoms with van der Waals surface area (Å²) >= 11 is 0. The Labute approximate surface area is 204 Å². The predicted molar refractivity (Wildman–Crippen MR) is 133 cm³/mol. The molecule has 190 valence electrons. The number of halogens is 1. The van der Waals surface area contributed by atoms with E-state index in [2.05, 4.69) is 31.0 Å². The van der Waals surface area contributed by atoms with Gasteiger partial charge in [-0.3, -0.25) is 9.78 Å². The van der Waals surface area contributed by atoms with Crippen LogP contribution in [0, 0.1) is 0 Å². The molecule has 11 heteroatoms. The lowest BCUT2D eigenvalue weighted by molar-refractivity contribution is -0.00177. The van der Waals surface area contributed by atoms with E-state index in [-0.39, 0.29) is 18.2 Å². The fourth-order valence-corrected chi connectivity index (χ4v) is 3.18.